The smallest absolute Gasteiger partial charge is 0.306 e. The molecule has 0 saturated carbocycles. The van der Waals surface area contributed by atoms with Gasteiger partial charge in [0.15, 0.2) is 6.10 Å². The van der Waals surface area contributed by atoms with E-state index in [1.165, 1.54) is 116 Å². The van der Waals surface area contributed by atoms with E-state index in [9.17, 15) is 14.4 Å². The van der Waals surface area contributed by atoms with E-state index in [2.05, 4.69) is 32.9 Å². The number of unbranched alkanes of at least 4 members (excludes halogenated alkanes) is 25. The summed E-state index contributed by atoms with van der Waals surface area (Å²) >= 11 is 0. The summed E-state index contributed by atoms with van der Waals surface area (Å²) in [6.07, 6.45) is 58.7. The molecular formula is C53H90O6. The Bertz CT molecular complexity index is 1130. The molecule has 1 atom stereocenters. The molecule has 0 amide bonds. The zero-order chi connectivity index (χ0) is 43.0. The van der Waals surface area contributed by atoms with E-state index in [1.807, 2.05) is 60.8 Å². The average molecular weight is 823 g/mol. The van der Waals surface area contributed by atoms with E-state index in [0.29, 0.717) is 19.3 Å². The molecule has 0 spiro atoms. The Morgan fingerprint density at radius 2 is 0.661 bits per heavy atom. The van der Waals surface area contributed by atoms with Crippen LogP contribution in [0.15, 0.2) is 72.9 Å². The summed E-state index contributed by atoms with van der Waals surface area (Å²) < 4.78 is 16.7. The molecule has 0 fully saturated rings. The molecule has 0 aliphatic rings. The molecule has 0 aromatic carbocycles. The Hall–Kier alpha value is -3.15. The van der Waals surface area contributed by atoms with Crippen LogP contribution >= 0.6 is 0 Å². The van der Waals surface area contributed by atoms with Gasteiger partial charge in [0.05, 0.1) is 0 Å². The summed E-state index contributed by atoms with van der Waals surface area (Å²) in [4.78, 5) is 37.8. The highest BCUT2D eigenvalue weighted by molar-refractivity contribution is 5.71. The third kappa shape index (κ3) is 45.8. The van der Waals surface area contributed by atoms with Crippen molar-refractivity contribution in [1.82, 2.24) is 0 Å². The van der Waals surface area contributed by atoms with E-state index in [1.54, 1.807) is 0 Å². The van der Waals surface area contributed by atoms with Crippen molar-refractivity contribution >= 4 is 17.9 Å². The fourth-order valence-corrected chi connectivity index (χ4v) is 6.71. The minimum Gasteiger partial charge on any atom is -0.462 e. The van der Waals surface area contributed by atoms with E-state index >= 15 is 0 Å². The van der Waals surface area contributed by atoms with Crippen LogP contribution in [0.4, 0.5) is 0 Å². The van der Waals surface area contributed by atoms with Crippen molar-refractivity contribution in [3.63, 3.8) is 0 Å². The topological polar surface area (TPSA) is 78.9 Å². The highest BCUT2D eigenvalue weighted by Gasteiger charge is 2.19. The molecule has 0 heterocycles. The summed E-state index contributed by atoms with van der Waals surface area (Å²) in [5.74, 6) is -0.931. The maximum atomic E-state index is 12.7. The van der Waals surface area contributed by atoms with Crippen molar-refractivity contribution in [3.8, 4) is 0 Å². The van der Waals surface area contributed by atoms with Gasteiger partial charge in [0.2, 0.25) is 0 Å². The highest BCUT2D eigenvalue weighted by atomic mass is 16.6. The monoisotopic (exact) mass is 823 g/mol. The first-order chi connectivity index (χ1) is 29.0. The minimum atomic E-state index is -0.788. The first kappa shape index (κ1) is 55.9. The molecule has 0 N–H and O–H groups in total. The van der Waals surface area contributed by atoms with Gasteiger partial charge < -0.3 is 14.2 Å². The predicted molar refractivity (Wildman–Crippen MR) is 251 cm³/mol. The Kier molecular flexibility index (Phi) is 45.0. The molecule has 0 rings (SSSR count). The summed E-state index contributed by atoms with van der Waals surface area (Å²) in [7, 11) is 0. The maximum Gasteiger partial charge on any atom is 0.306 e. The lowest BCUT2D eigenvalue weighted by Crippen LogP contribution is -2.30. The number of carbonyl (C=O) groups excluding carboxylic acids is 3. The maximum absolute atomic E-state index is 12.7. The molecule has 338 valence electrons. The number of carbonyl (C=O) groups is 3. The van der Waals surface area contributed by atoms with Crippen LogP contribution < -0.4 is 0 Å². The lowest BCUT2D eigenvalue weighted by Gasteiger charge is -2.18. The van der Waals surface area contributed by atoms with Gasteiger partial charge in [-0.2, -0.15) is 0 Å². The van der Waals surface area contributed by atoms with Crippen LogP contribution in [-0.2, 0) is 28.6 Å². The fraction of sp³-hybridized carbons (Fsp3) is 0.717. The molecular weight excluding hydrogens is 733 g/mol. The second-order valence-electron chi connectivity index (χ2n) is 16.2. The van der Waals surface area contributed by atoms with E-state index < -0.39 is 6.10 Å². The molecule has 6 nitrogen and oxygen atoms in total. The van der Waals surface area contributed by atoms with Gasteiger partial charge in [-0.1, -0.05) is 241 Å². The molecule has 0 bridgehead atoms. The number of allylic oxidation sites excluding steroid dienone is 12. The number of rotatable bonds is 43. The van der Waals surface area contributed by atoms with Crippen LogP contribution in [0, 0.1) is 0 Å². The molecule has 0 saturated heterocycles. The highest BCUT2D eigenvalue weighted by Crippen LogP contribution is 2.15. The summed E-state index contributed by atoms with van der Waals surface area (Å²) in [6, 6.07) is 0. The molecule has 0 aliphatic heterocycles. The van der Waals surface area contributed by atoms with Crippen LogP contribution in [0.2, 0.25) is 0 Å². The van der Waals surface area contributed by atoms with Gasteiger partial charge >= 0.3 is 17.9 Å². The third-order valence-corrected chi connectivity index (χ3v) is 10.4. The second-order valence-corrected chi connectivity index (χ2v) is 16.2. The molecule has 0 aromatic heterocycles. The van der Waals surface area contributed by atoms with Gasteiger partial charge in [-0.05, 0) is 38.5 Å². The first-order valence-electron chi connectivity index (χ1n) is 24.5. The van der Waals surface area contributed by atoms with E-state index in [4.69, 9.17) is 14.2 Å². The summed E-state index contributed by atoms with van der Waals surface area (Å²) in [5, 5.41) is 0. The van der Waals surface area contributed by atoms with Crippen molar-refractivity contribution in [2.24, 2.45) is 0 Å². The summed E-state index contributed by atoms with van der Waals surface area (Å²) in [5.41, 5.74) is 0. The van der Waals surface area contributed by atoms with Crippen molar-refractivity contribution in [2.75, 3.05) is 13.2 Å². The zero-order valence-corrected chi connectivity index (χ0v) is 38.5. The van der Waals surface area contributed by atoms with Gasteiger partial charge in [-0.15, -0.1) is 0 Å². The van der Waals surface area contributed by atoms with E-state index in [0.717, 1.165) is 70.6 Å². The Balaban J connectivity index is 4.46. The van der Waals surface area contributed by atoms with Crippen molar-refractivity contribution in [1.29, 1.82) is 0 Å². The van der Waals surface area contributed by atoms with Crippen molar-refractivity contribution < 1.29 is 28.6 Å². The molecule has 0 aliphatic carbocycles. The lowest BCUT2D eigenvalue weighted by atomic mass is 10.0. The number of esters is 3. The van der Waals surface area contributed by atoms with Crippen molar-refractivity contribution in [2.45, 2.75) is 232 Å². The van der Waals surface area contributed by atoms with Crippen LogP contribution in [0.5, 0.6) is 0 Å². The van der Waals surface area contributed by atoms with E-state index in [-0.39, 0.29) is 31.1 Å². The molecule has 1 unspecified atom stereocenters. The predicted octanol–water partition coefficient (Wildman–Crippen LogP) is 15.9. The number of ether oxygens (including phenoxy) is 3. The van der Waals surface area contributed by atoms with Gasteiger partial charge in [0.1, 0.15) is 13.2 Å². The Labute approximate surface area is 363 Å². The Morgan fingerprint density at radius 3 is 1.03 bits per heavy atom. The SMILES string of the molecule is CC\C=C/C=C\C=C/C=C\C=C\C=C/CCCCCC(=O)OCC(COC(=O)CCCCCCCCCCCCCC)OC(=O)CCCCCCCCCCCCCC. The van der Waals surface area contributed by atoms with Gasteiger partial charge in [0.25, 0.3) is 0 Å². The molecule has 59 heavy (non-hydrogen) atoms. The first-order valence-corrected chi connectivity index (χ1v) is 24.5. The largest absolute Gasteiger partial charge is 0.462 e. The van der Waals surface area contributed by atoms with Crippen molar-refractivity contribution in [3.05, 3.63) is 72.9 Å². The lowest BCUT2D eigenvalue weighted by molar-refractivity contribution is -0.167. The summed E-state index contributed by atoms with van der Waals surface area (Å²) in [6.45, 7) is 6.44. The average Bonchev–Trinajstić information content (AvgIpc) is 3.23. The van der Waals surface area contributed by atoms with Gasteiger partial charge in [-0.25, -0.2) is 0 Å². The van der Waals surface area contributed by atoms with Gasteiger partial charge in [0, 0.05) is 19.3 Å². The van der Waals surface area contributed by atoms with Crippen LogP contribution in [0.1, 0.15) is 226 Å². The number of hydrogen-bond acceptors (Lipinski definition) is 6. The second kappa shape index (κ2) is 47.5. The Morgan fingerprint density at radius 1 is 0.356 bits per heavy atom. The normalized spacial score (nSPS) is 12.7. The molecule has 0 aromatic rings. The van der Waals surface area contributed by atoms with Gasteiger partial charge in [-0.3, -0.25) is 14.4 Å². The minimum absolute atomic E-state index is 0.0872. The third-order valence-electron chi connectivity index (χ3n) is 10.4. The molecule has 6 heteroatoms. The molecule has 0 radical (unpaired) electrons. The van der Waals surface area contributed by atoms with Crippen LogP contribution in [0.25, 0.3) is 0 Å². The quantitative estimate of drug-likeness (QED) is 0.0264. The van der Waals surface area contributed by atoms with Crippen LogP contribution in [-0.4, -0.2) is 37.2 Å². The zero-order valence-electron chi connectivity index (χ0n) is 38.5. The van der Waals surface area contributed by atoms with Crippen LogP contribution in [0.3, 0.4) is 0 Å². The standard InChI is InChI=1S/C53H90O6/c1-4-7-10-13-16-19-22-25-26-27-28-29-32-34-37-40-43-46-52(55)58-49-50(59-53(56)47-44-41-38-35-31-24-21-18-15-12-9-6-3)48-57-51(54)45-42-39-36-33-30-23-20-17-14-11-8-5-2/h7,10,13,16,19,22,25-29,32,50H,4-6,8-9,11-12,14-15,17-18,20-21,23-24,30-31,33-49H2,1-3H3/b10-7-,16-13-,22-19-,26-25-,28-27+,32-29-. The number of hydrogen-bond donors (Lipinski definition) is 0. The fourth-order valence-electron chi connectivity index (χ4n) is 6.71.